The highest BCUT2D eigenvalue weighted by molar-refractivity contribution is 7.09. The Hall–Kier alpha value is -7.71. The van der Waals surface area contributed by atoms with E-state index in [9.17, 15) is 47.9 Å². The number of hydrogen-bond acceptors (Lipinski definition) is 15. The first-order chi connectivity index (χ1) is 45.5. The Balaban J connectivity index is 1.34. The lowest BCUT2D eigenvalue weighted by atomic mass is 9.89. The number of carbonyl (C=O) groups is 10. The number of amides is 11. The summed E-state index contributed by atoms with van der Waals surface area (Å²) in [6.07, 6.45) is 5.64. The smallest absolute Gasteiger partial charge is 0.408 e. The number of likely N-dealkylation sites (tertiary alicyclic amines) is 1. The van der Waals surface area contributed by atoms with Crippen LogP contribution in [0.1, 0.15) is 175 Å². The van der Waals surface area contributed by atoms with Crippen molar-refractivity contribution in [3.63, 3.8) is 0 Å². The van der Waals surface area contributed by atoms with Gasteiger partial charge in [0.25, 0.3) is 0 Å². The number of rotatable bonds is 41. The molecule has 10 N–H and O–H groups in total. The average Bonchev–Trinajstić information content (AvgIpc) is 0.843. The van der Waals surface area contributed by atoms with Gasteiger partial charge in [-0.15, -0.1) is 11.3 Å². The topological polar surface area (TPSA) is 340 Å². The summed E-state index contributed by atoms with van der Waals surface area (Å²) in [6, 6.07) is 11.0. The van der Waals surface area contributed by atoms with Crippen molar-refractivity contribution in [2.75, 3.05) is 46.2 Å². The van der Waals surface area contributed by atoms with E-state index in [2.05, 4.69) is 61.4 Å². The van der Waals surface area contributed by atoms with Crippen LogP contribution in [0.15, 0.2) is 66.2 Å². The van der Waals surface area contributed by atoms with Crippen LogP contribution in [0.3, 0.4) is 0 Å². The second-order valence-corrected chi connectivity index (χ2v) is 27.7. The fourth-order valence-electron chi connectivity index (χ4n) is 11.7. The maximum Gasteiger partial charge on any atom is 0.408 e. The molecule has 0 unspecified atom stereocenters. The summed E-state index contributed by atoms with van der Waals surface area (Å²) in [6.45, 7) is 20.9. The molecule has 1 aliphatic heterocycles. The molecule has 4 rings (SSSR count). The molecule has 0 spiro atoms. The first kappa shape index (κ1) is 80.7. The van der Waals surface area contributed by atoms with Crippen LogP contribution in [0.2, 0.25) is 0 Å². The van der Waals surface area contributed by atoms with Crippen molar-refractivity contribution in [3.05, 3.63) is 82.3 Å². The number of hydrogen-bond donors (Lipinski definition) is 9. The molecular weight excluding hydrogens is 1250 g/mol. The van der Waals surface area contributed by atoms with Gasteiger partial charge in [-0.2, -0.15) is 0 Å². The van der Waals surface area contributed by atoms with Crippen molar-refractivity contribution in [3.8, 4) is 0 Å². The average molecular weight is 1360 g/mol. The second-order valence-electron chi connectivity index (χ2n) is 26.8. The number of primary amides is 1. The van der Waals surface area contributed by atoms with E-state index < -0.39 is 95.5 Å². The predicted molar refractivity (Wildman–Crippen MR) is 370 cm³/mol. The number of nitrogens with two attached hydrogens (primary N) is 1. The van der Waals surface area contributed by atoms with Gasteiger partial charge >= 0.3 is 12.1 Å². The largest absolute Gasteiger partial charge is 0.445 e. The summed E-state index contributed by atoms with van der Waals surface area (Å²) in [5, 5.41) is 25.1. The first-order valence-corrected chi connectivity index (χ1v) is 34.8. The highest BCUT2D eigenvalue weighted by Crippen LogP contribution is 2.31. The Bertz CT molecular complexity index is 2950. The number of likely N-dealkylation sites (N-methyl/N-ethyl adjacent to an activating group) is 1. The number of alkyl carbamates (subject to hydrolysis) is 1. The van der Waals surface area contributed by atoms with E-state index in [4.69, 9.17) is 19.9 Å². The van der Waals surface area contributed by atoms with Crippen molar-refractivity contribution in [2.24, 2.45) is 35.3 Å². The molecule has 0 saturated carbocycles. The second kappa shape index (κ2) is 40.8. The molecule has 96 heavy (non-hydrogen) atoms. The maximum atomic E-state index is 14.7. The van der Waals surface area contributed by atoms with Crippen LogP contribution in [-0.4, -0.2) is 163 Å². The van der Waals surface area contributed by atoms with E-state index >= 15 is 0 Å². The molecule has 11 amide bonds. The van der Waals surface area contributed by atoms with Gasteiger partial charge in [0.2, 0.25) is 47.3 Å². The Kier molecular flexibility index (Phi) is 34.3. The summed E-state index contributed by atoms with van der Waals surface area (Å²) in [5.74, 6) is -4.08. The highest BCUT2D eigenvalue weighted by atomic mass is 32.1. The number of methoxy groups -OCH3 is 2. The molecule has 1 aromatic heterocycles. The zero-order valence-corrected chi connectivity index (χ0v) is 59.8. The van der Waals surface area contributed by atoms with Gasteiger partial charge in [-0.25, -0.2) is 14.6 Å². The molecule has 3 aromatic rings. The van der Waals surface area contributed by atoms with Gasteiger partial charge in [-0.05, 0) is 112 Å². The zero-order chi connectivity index (χ0) is 71.2. The van der Waals surface area contributed by atoms with Crippen molar-refractivity contribution < 1.29 is 62.2 Å². The van der Waals surface area contributed by atoms with Gasteiger partial charge in [0, 0.05) is 71.0 Å². The first-order valence-electron chi connectivity index (χ1n) is 33.9. The normalized spacial score (nSPS) is 16.0. The fraction of sp³-hybridized carbons (Fsp3) is 0.643. The van der Waals surface area contributed by atoms with E-state index in [1.807, 2.05) is 56.5 Å². The van der Waals surface area contributed by atoms with E-state index in [1.165, 1.54) is 32.3 Å². The summed E-state index contributed by atoms with van der Waals surface area (Å²) >= 11 is 1.47. The molecule has 10 atom stereocenters. The maximum absolute atomic E-state index is 14.7. The van der Waals surface area contributed by atoms with Gasteiger partial charge in [-0.3, -0.25) is 38.4 Å². The van der Waals surface area contributed by atoms with Gasteiger partial charge in [-0.1, -0.05) is 118 Å². The third kappa shape index (κ3) is 26.4. The molecule has 2 aromatic carbocycles. The fourth-order valence-corrected chi connectivity index (χ4v) is 12.4. The van der Waals surface area contributed by atoms with Crippen LogP contribution in [-0.2, 0) is 65.6 Å². The molecule has 0 aliphatic carbocycles. The van der Waals surface area contributed by atoms with Crippen LogP contribution in [0.25, 0.3) is 0 Å². The lowest BCUT2D eigenvalue weighted by molar-refractivity contribution is -0.148. The lowest BCUT2D eigenvalue weighted by Crippen LogP contribution is -2.62. The van der Waals surface area contributed by atoms with Crippen LogP contribution >= 0.6 is 11.3 Å². The Labute approximate surface area is 572 Å². The predicted octanol–water partition coefficient (Wildman–Crippen LogP) is 7.43. The molecule has 1 saturated heterocycles. The van der Waals surface area contributed by atoms with Gasteiger partial charge < -0.3 is 72.3 Å². The van der Waals surface area contributed by atoms with Crippen LogP contribution in [0, 0.1) is 29.6 Å². The number of benzene rings is 2. The number of urea groups is 1. The third-order valence-corrected chi connectivity index (χ3v) is 18.5. The molecule has 0 radical (unpaired) electrons. The van der Waals surface area contributed by atoms with Crippen molar-refractivity contribution in [1.82, 2.24) is 52.0 Å². The van der Waals surface area contributed by atoms with E-state index in [-0.39, 0.29) is 80.3 Å². The monoisotopic (exact) mass is 1360 g/mol. The summed E-state index contributed by atoms with van der Waals surface area (Å²) in [7, 11) is 4.70. The molecule has 2 heterocycles. The number of ether oxygens (including phenoxy) is 3. The van der Waals surface area contributed by atoms with Gasteiger partial charge in [0.15, 0.2) is 0 Å². The van der Waals surface area contributed by atoms with E-state index in [1.54, 1.807) is 82.1 Å². The van der Waals surface area contributed by atoms with Crippen molar-refractivity contribution >= 4 is 76.4 Å². The minimum atomic E-state index is -1.58. The summed E-state index contributed by atoms with van der Waals surface area (Å²) in [4.78, 5) is 143. The summed E-state index contributed by atoms with van der Waals surface area (Å²) in [5.41, 5.74) is 5.59. The number of carbonyl (C=O) groups excluding carboxylic acids is 10. The molecule has 25 nitrogen and oxygen atoms in total. The lowest BCUT2D eigenvalue weighted by Gasteiger charge is -2.41. The number of unbranched alkanes of at least 4 members (excludes halogenated alkanes) is 2. The molecule has 0 bridgehead atoms. The van der Waals surface area contributed by atoms with Crippen molar-refractivity contribution in [2.45, 2.75) is 220 Å². The molecule has 1 fully saturated rings. The molecule has 534 valence electrons. The molecule has 1 aliphatic rings. The van der Waals surface area contributed by atoms with E-state index in [0.29, 0.717) is 81.6 Å². The minimum absolute atomic E-state index is 0.00922. The standard InChI is InChI=1S/C70H110N12O13S/c1-15-46(8)60(54(93-13)41-57(85)82-38-23-27-53(82)61(94-14)47(9)62(86)77-52(65-73-37-39-96-65)40-48-24-18-16-19-25-48)81(12)66(89)59(45(6)7)79-67(90)70(10,11)80-69(92)95-42-49-30-32-50(33-31-49)75-63(87)51(26-22-36-74-68(71)91)76-64(88)58(44(4)5)78-56(84)28-20-17-21-35-72-55(83)34-29-43(2)3/h16,18-19,24-25,30-33,37,39,43-47,51-54,58-61H,15,17,20-23,26-29,34-36,38,40-42H2,1-14H3,(H,72,83)(H,75,87)(H,76,88)(H,77,86)(H,78,84)(H,79,90)(H,80,92)(H3,71,74,91)/t46-,47+,51-,52-,53-,54+,58-,59-,60-,61+/m0/s1. The zero-order valence-electron chi connectivity index (χ0n) is 59.0. The number of nitrogens with zero attached hydrogens (tertiary/aromatic N) is 3. The van der Waals surface area contributed by atoms with Crippen LogP contribution in [0.4, 0.5) is 15.3 Å². The van der Waals surface area contributed by atoms with Gasteiger partial charge in [0.05, 0.1) is 42.7 Å². The van der Waals surface area contributed by atoms with Gasteiger partial charge in [0.1, 0.15) is 35.3 Å². The van der Waals surface area contributed by atoms with Crippen LogP contribution in [0.5, 0.6) is 0 Å². The molecule has 26 heteroatoms. The van der Waals surface area contributed by atoms with Crippen molar-refractivity contribution in [1.29, 1.82) is 0 Å². The quantitative estimate of drug-likeness (QED) is 0.0250. The SMILES string of the molecule is CC[C@H](C)[C@@H]([C@@H](CC(=O)N1CCC[C@H]1[C@H](OC)[C@@H](C)C(=O)N[C@@H](Cc1ccccc1)c1nccs1)OC)N(C)C(=O)[C@@H](NC(=O)C(C)(C)NC(=O)OCc1ccc(NC(=O)[C@H](CCCNC(N)=O)NC(=O)[C@@H](NC(=O)CCCCCNC(=O)CCC(C)C)C(C)C)cc1)C(C)C. The Morgan fingerprint density at radius 1 is 0.740 bits per heavy atom. The summed E-state index contributed by atoms with van der Waals surface area (Å²) < 4.78 is 17.7. The number of aromatic nitrogens is 1. The number of anilines is 1. The highest BCUT2D eigenvalue weighted by Gasteiger charge is 2.44. The minimum Gasteiger partial charge on any atom is -0.445 e. The van der Waals surface area contributed by atoms with E-state index in [0.717, 1.165) is 17.0 Å². The third-order valence-electron chi connectivity index (χ3n) is 17.6. The number of thiazole rings is 1. The molecular formula is C70H110N12O13S. The van der Waals surface area contributed by atoms with Crippen LogP contribution < -0.4 is 48.3 Å². The Morgan fingerprint density at radius 3 is 2.02 bits per heavy atom. The Morgan fingerprint density at radius 2 is 1.42 bits per heavy atom. The number of nitrogens with one attached hydrogen (secondary N) is 8.